The molecule has 3 unspecified atom stereocenters. The average molecular weight is 386 g/mol. The number of sulfonamides is 1. The van der Waals surface area contributed by atoms with Crippen molar-refractivity contribution in [2.75, 3.05) is 0 Å². The van der Waals surface area contributed by atoms with E-state index in [2.05, 4.69) is 6.58 Å². The summed E-state index contributed by atoms with van der Waals surface area (Å²) < 4.78 is 27.5. The normalized spacial score (nSPS) is 23.2. The minimum absolute atomic E-state index is 0.0178. The Bertz CT molecular complexity index is 775. The Hall–Kier alpha value is -1.70. The standard InChI is InChI=1S/C17H20ClNO5S/c1-3-13-9-14(20)10-15(17(21)22)19(13)25(23,24)16(4-2)11-5-7-12(18)8-6-11/h4-8,13,15-16H,2-3,9-10H2,1H3,(H,21,22). The Morgan fingerprint density at radius 1 is 1.40 bits per heavy atom. The van der Waals surface area contributed by atoms with Gasteiger partial charge in [-0.1, -0.05) is 36.7 Å². The maximum absolute atomic E-state index is 13.2. The van der Waals surface area contributed by atoms with Gasteiger partial charge in [0.2, 0.25) is 10.0 Å². The van der Waals surface area contributed by atoms with E-state index in [1.54, 1.807) is 31.2 Å². The number of Topliss-reactive ketones (excluding diaryl/α,β-unsaturated/α-hetero) is 1. The summed E-state index contributed by atoms with van der Waals surface area (Å²) in [7, 11) is -4.08. The number of benzene rings is 1. The summed E-state index contributed by atoms with van der Waals surface area (Å²) >= 11 is 5.85. The predicted molar refractivity (Wildman–Crippen MR) is 94.9 cm³/mol. The Labute approximate surface area is 152 Å². The van der Waals surface area contributed by atoms with Gasteiger partial charge in [-0.3, -0.25) is 9.59 Å². The van der Waals surface area contributed by atoms with Crippen LogP contribution in [0.15, 0.2) is 36.9 Å². The number of aliphatic carboxylic acids is 1. The van der Waals surface area contributed by atoms with Crippen LogP contribution in [-0.4, -0.2) is 41.7 Å². The number of nitrogens with zero attached hydrogens (tertiary/aromatic N) is 1. The van der Waals surface area contributed by atoms with Gasteiger partial charge >= 0.3 is 5.97 Å². The van der Waals surface area contributed by atoms with Crippen LogP contribution in [0, 0.1) is 0 Å². The summed E-state index contributed by atoms with van der Waals surface area (Å²) in [5, 5.41) is 8.81. The van der Waals surface area contributed by atoms with Gasteiger partial charge in [-0.2, -0.15) is 4.31 Å². The minimum Gasteiger partial charge on any atom is -0.480 e. The molecule has 3 atom stereocenters. The monoisotopic (exact) mass is 385 g/mol. The van der Waals surface area contributed by atoms with Crippen molar-refractivity contribution in [1.29, 1.82) is 0 Å². The lowest BCUT2D eigenvalue weighted by Crippen LogP contribution is -2.56. The molecule has 1 heterocycles. The Morgan fingerprint density at radius 3 is 2.48 bits per heavy atom. The molecule has 0 saturated carbocycles. The van der Waals surface area contributed by atoms with Gasteiger partial charge in [0.15, 0.2) is 0 Å². The zero-order chi connectivity index (χ0) is 18.8. The first-order chi connectivity index (χ1) is 11.7. The number of rotatable bonds is 6. The molecular weight excluding hydrogens is 366 g/mol. The number of piperidine rings is 1. The van der Waals surface area contributed by atoms with Crippen molar-refractivity contribution in [1.82, 2.24) is 4.31 Å². The highest BCUT2D eigenvalue weighted by atomic mass is 35.5. The van der Waals surface area contributed by atoms with Crippen molar-refractivity contribution in [2.45, 2.75) is 43.5 Å². The largest absolute Gasteiger partial charge is 0.480 e. The fourth-order valence-corrected chi connectivity index (χ4v) is 5.41. The van der Waals surface area contributed by atoms with Crippen molar-refractivity contribution < 1.29 is 23.1 Å². The van der Waals surface area contributed by atoms with Gasteiger partial charge in [0.25, 0.3) is 0 Å². The van der Waals surface area contributed by atoms with Gasteiger partial charge in [0, 0.05) is 23.9 Å². The molecule has 1 aromatic carbocycles. The van der Waals surface area contributed by atoms with Crippen LogP contribution < -0.4 is 0 Å². The van der Waals surface area contributed by atoms with Crippen LogP contribution in [0.5, 0.6) is 0 Å². The van der Waals surface area contributed by atoms with E-state index >= 15 is 0 Å². The molecule has 1 aromatic rings. The number of hydrogen-bond acceptors (Lipinski definition) is 4. The van der Waals surface area contributed by atoms with Crippen molar-refractivity contribution >= 4 is 33.4 Å². The van der Waals surface area contributed by atoms with Crippen LogP contribution in [0.1, 0.15) is 37.0 Å². The smallest absolute Gasteiger partial charge is 0.322 e. The molecule has 1 aliphatic rings. The third-order valence-corrected chi connectivity index (χ3v) is 6.83. The van der Waals surface area contributed by atoms with Crippen LogP contribution in [-0.2, 0) is 19.6 Å². The molecule has 0 bridgehead atoms. The molecule has 0 aliphatic carbocycles. The van der Waals surface area contributed by atoms with Crippen LogP contribution >= 0.6 is 11.6 Å². The molecular formula is C17H20ClNO5S. The van der Waals surface area contributed by atoms with Crippen molar-refractivity contribution in [3.05, 3.63) is 47.5 Å². The zero-order valence-corrected chi connectivity index (χ0v) is 15.3. The first kappa shape index (κ1) is 19.6. The lowest BCUT2D eigenvalue weighted by atomic mass is 9.96. The summed E-state index contributed by atoms with van der Waals surface area (Å²) in [6.07, 6.45) is 1.30. The Balaban J connectivity index is 2.52. The van der Waals surface area contributed by atoms with E-state index in [-0.39, 0.29) is 18.6 Å². The maximum atomic E-state index is 13.2. The van der Waals surface area contributed by atoms with Gasteiger partial charge in [0.05, 0.1) is 0 Å². The second-order valence-corrected chi connectivity index (χ2v) is 8.34. The number of carboxylic acid groups (broad SMARTS) is 1. The van der Waals surface area contributed by atoms with E-state index < -0.39 is 33.3 Å². The maximum Gasteiger partial charge on any atom is 0.322 e. The van der Waals surface area contributed by atoms with Gasteiger partial charge in [0.1, 0.15) is 17.1 Å². The molecule has 136 valence electrons. The molecule has 6 nitrogen and oxygen atoms in total. The van der Waals surface area contributed by atoms with Gasteiger partial charge in [-0.15, -0.1) is 6.58 Å². The third kappa shape index (κ3) is 3.94. The molecule has 2 rings (SSSR count). The van der Waals surface area contributed by atoms with Crippen molar-refractivity contribution in [3.8, 4) is 0 Å². The van der Waals surface area contributed by atoms with E-state index in [9.17, 15) is 23.1 Å². The molecule has 1 aliphatic heterocycles. The number of halogens is 1. The fourth-order valence-electron chi connectivity index (χ4n) is 3.12. The predicted octanol–water partition coefficient (Wildman–Crippen LogP) is 2.79. The molecule has 1 N–H and O–H groups in total. The zero-order valence-electron chi connectivity index (χ0n) is 13.8. The molecule has 1 fully saturated rings. The molecule has 0 radical (unpaired) electrons. The fraction of sp³-hybridized carbons (Fsp3) is 0.412. The van der Waals surface area contributed by atoms with E-state index in [1.165, 1.54) is 6.08 Å². The summed E-state index contributed by atoms with van der Waals surface area (Å²) in [4.78, 5) is 23.5. The topological polar surface area (TPSA) is 91.8 Å². The second-order valence-electron chi connectivity index (χ2n) is 5.95. The highest BCUT2D eigenvalue weighted by Crippen LogP contribution is 2.35. The highest BCUT2D eigenvalue weighted by molar-refractivity contribution is 7.89. The van der Waals surface area contributed by atoms with E-state index in [0.717, 1.165) is 4.31 Å². The van der Waals surface area contributed by atoms with Crippen LogP contribution in [0.2, 0.25) is 5.02 Å². The van der Waals surface area contributed by atoms with Gasteiger partial charge < -0.3 is 5.11 Å². The number of carbonyl (C=O) groups is 2. The van der Waals surface area contributed by atoms with Crippen molar-refractivity contribution in [3.63, 3.8) is 0 Å². The first-order valence-corrected chi connectivity index (χ1v) is 9.75. The Morgan fingerprint density at radius 2 is 2.00 bits per heavy atom. The molecule has 0 spiro atoms. The summed E-state index contributed by atoms with van der Waals surface area (Å²) in [6, 6.07) is 4.19. The molecule has 0 aromatic heterocycles. The van der Waals surface area contributed by atoms with Gasteiger partial charge in [-0.05, 0) is 24.1 Å². The number of carbonyl (C=O) groups excluding carboxylic acids is 1. The number of hydrogen-bond donors (Lipinski definition) is 1. The molecule has 8 heteroatoms. The number of carboxylic acids is 1. The summed E-state index contributed by atoms with van der Waals surface area (Å²) in [5.41, 5.74) is 0.440. The van der Waals surface area contributed by atoms with Crippen LogP contribution in [0.25, 0.3) is 0 Å². The molecule has 0 amide bonds. The Kier molecular flexibility index (Phi) is 6.03. The first-order valence-electron chi connectivity index (χ1n) is 7.87. The highest BCUT2D eigenvalue weighted by Gasteiger charge is 2.47. The van der Waals surface area contributed by atoms with E-state index in [4.69, 9.17) is 11.6 Å². The van der Waals surface area contributed by atoms with Crippen LogP contribution in [0.4, 0.5) is 0 Å². The summed E-state index contributed by atoms with van der Waals surface area (Å²) in [6.45, 7) is 5.34. The van der Waals surface area contributed by atoms with E-state index in [0.29, 0.717) is 17.0 Å². The SMILES string of the molecule is C=CC(c1ccc(Cl)cc1)S(=O)(=O)N1C(CC)CC(=O)CC1C(=O)O. The quantitative estimate of drug-likeness (QED) is 0.760. The van der Waals surface area contributed by atoms with Gasteiger partial charge in [-0.25, -0.2) is 8.42 Å². The second kappa shape index (κ2) is 7.68. The van der Waals surface area contributed by atoms with Crippen molar-refractivity contribution in [2.24, 2.45) is 0 Å². The molecule has 25 heavy (non-hydrogen) atoms. The summed E-state index contributed by atoms with van der Waals surface area (Å²) in [5.74, 6) is -1.57. The lowest BCUT2D eigenvalue weighted by molar-refractivity contribution is -0.146. The lowest BCUT2D eigenvalue weighted by Gasteiger charge is -2.39. The van der Waals surface area contributed by atoms with E-state index in [1.807, 2.05) is 0 Å². The molecule has 1 saturated heterocycles. The average Bonchev–Trinajstić information content (AvgIpc) is 2.55. The third-order valence-electron chi connectivity index (χ3n) is 4.34. The minimum atomic E-state index is -4.08. The number of ketones is 1. The van der Waals surface area contributed by atoms with Crippen LogP contribution in [0.3, 0.4) is 0 Å².